The summed E-state index contributed by atoms with van der Waals surface area (Å²) in [5, 5.41) is -1.49. The van der Waals surface area contributed by atoms with E-state index in [2.05, 4.69) is 0 Å². The summed E-state index contributed by atoms with van der Waals surface area (Å²) < 4.78 is 49.7. The van der Waals surface area contributed by atoms with Gasteiger partial charge < -0.3 is 5.73 Å². The van der Waals surface area contributed by atoms with Gasteiger partial charge in [0.25, 0.3) is 0 Å². The highest BCUT2D eigenvalue weighted by molar-refractivity contribution is 6.30. The van der Waals surface area contributed by atoms with Gasteiger partial charge in [-0.2, -0.15) is 13.2 Å². The van der Waals surface area contributed by atoms with Gasteiger partial charge in [-0.3, -0.25) is 4.79 Å². The molecule has 1 aromatic rings. The molecular weight excluding hydrogens is 250 g/mol. The van der Waals surface area contributed by atoms with E-state index < -0.39 is 28.8 Å². The molecule has 7 heteroatoms. The summed E-state index contributed by atoms with van der Waals surface area (Å²) in [6.45, 7) is 0. The van der Waals surface area contributed by atoms with Crippen LogP contribution < -0.4 is 5.73 Å². The first-order valence-corrected chi connectivity index (χ1v) is 4.46. The zero-order valence-electron chi connectivity index (χ0n) is 7.68. The molecule has 0 fully saturated rings. The number of benzene rings is 1. The highest BCUT2D eigenvalue weighted by Crippen LogP contribution is 2.32. The van der Waals surface area contributed by atoms with E-state index >= 15 is 0 Å². The van der Waals surface area contributed by atoms with Crippen molar-refractivity contribution in [1.82, 2.24) is 0 Å². The molecule has 0 saturated carbocycles. The zero-order chi connectivity index (χ0) is 12.5. The van der Waals surface area contributed by atoms with Gasteiger partial charge in [-0.1, -0.05) is 0 Å². The molecule has 1 amide bonds. The van der Waals surface area contributed by atoms with E-state index in [4.69, 9.17) is 17.3 Å². The van der Waals surface area contributed by atoms with Crippen molar-refractivity contribution in [1.29, 1.82) is 0 Å². The number of hydrogen-bond donors (Lipinski definition) is 1. The Morgan fingerprint density at radius 3 is 2.31 bits per heavy atom. The number of hydrogen-bond acceptors (Lipinski definition) is 1. The molecule has 1 atom stereocenters. The van der Waals surface area contributed by atoms with Crippen molar-refractivity contribution in [3.8, 4) is 0 Å². The molecule has 2 N–H and O–H groups in total. The standard InChI is InChI=1S/C9H6ClF4NO/c10-7(8(15)16)4-1-5(9(12,13)14)3-6(11)2-4/h1-3,7H,(H2,15,16). The summed E-state index contributed by atoms with van der Waals surface area (Å²) in [5.41, 5.74) is 3.27. The number of rotatable bonds is 2. The first-order valence-electron chi connectivity index (χ1n) is 4.03. The normalized spacial score (nSPS) is 13.6. The highest BCUT2D eigenvalue weighted by atomic mass is 35.5. The lowest BCUT2D eigenvalue weighted by atomic mass is 10.1. The summed E-state index contributed by atoms with van der Waals surface area (Å²) in [4.78, 5) is 10.7. The molecule has 0 aliphatic heterocycles. The van der Waals surface area contributed by atoms with Crippen LogP contribution in [-0.2, 0) is 11.0 Å². The molecule has 0 aromatic heterocycles. The van der Waals surface area contributed by atoms with Crippen LogP contribution in [0, 0.1) is 5.82 Å². The second-order valence-electron chi connectivity index (χ2n) is 3.04. The summed E-state index contributed by atoms with van der Waals surface area (Å²) in [7, 11) is 0. The van der Waals surface area contributed by atoms with E-state index in [9.17, 15) is 22.4 Å². The average molecular weight is 256 g/mol. The van der Waals surface area contributed by atoms with Crippen LogP contribution in [0.2, 0.25) is 0 Å². The van der Waals surface area contributed by atoms with Crippen molar-refractivity contribution in [2.24, 2.45) is 5.73 Å². The molecule has 0 bridgehead atoms. The predicted molar refractivity (Wildman–Crippen MR) is 49.2 cm³/mol. The number of carbonyl (C=O) groups excluding carboxylic acids is 1. The fraction of sp³-hybridized carbons (Fsp3) is 0.222. The molecule has 0 aliphatic rings. The number of primary amides is 1. The van der Waals surface area contributed by atoms with Crippen LogP contribution >= 0.6 is 11.6 Å². The van der Waals surface area contributed by atoms with Crippen LogP contribution in [-0.4, -0.2) is 5.91 Å². The van der Waals surface area contributed by atoms with Gasteiger partial charge in [0, 0.05) is 0 Å². The van der Waals surface area contributed by atoms with Crippen LogP contribution in [0.3, 0.4) is 0 Å². The first-order chi connectivity index (χ1) is 7.21. The Morgan fingerprint density at radius 1 is 1.31 bits per heavy atom. The maximum Gasteiger partial charge on any atom is 0.416 e. The number of halogens is 5. The molecule has 0 radical (unpaired) electrons. The number of amides is 1. The largest absolute Gasteiger partial charge is 0.416 e. The van der Waals surface area contributed by atoms with Crippen LogP contribution in [0.15, 0.2) is 18.2 Å². The van der Waals surface area contributed by atoms with Gasteiger partial charge in [-0.05, 0) is 23.8 Å². The van der Waals surface area contributed by atoms with E-state index in [1.54, 1.807) is 0 Å². The minimum absolute atomic E-state index is 0.314. The van der Waals surface area contributed by atoms with Gasteiger partial charge in [0.2, 0.25) is 5.91 Å². The fourth-order valence-electron chi connectivity index (χ4n) is 1.09. The van der Waals surface area contributed by atoms with Crippen LogP contribution in [0.1, 0.15) is 16.5 Å². The van der Waals surface area contributed by atoms with Gasteiger partial charge in [0.05, 0.1) is 5.56 Å². The van der Waals surface area contributed by atoms with Gasteiger partial charge in [-0.15, -0.1) is 11.6 Å². The summed E-state index contributed by atoms with van der Waals surface area (Å²) in [6, 6.07) is 1.64. The molecule has 1 unspecified atom stereocenters. The minimum Gasteiger partial charge on any atom is -0.368 e. The summed E-state index contributed by atoms with van der Waals surface area (Å²) >= 11 is 5.43. The van der Waals surface area contributed by atoms with Crippen molar-refractivity contribution >= 4 is 17.5 Å². The average Bonchev–Trinajstić information content (AvgIpc) is 2.14. The van der Waals surface area contributed by atoms with Gasteiger partial charge in [0.15, 0.2) is 0 Å². The summed E-state index contributed by atoms with van der Waals surface area (Å²) in [5.74, 6) is -2.17. The van der Waals surface area contributed by atoms with Gasteiger partial charge in [-0.25, -0.2) is 4.39 Å². The molecule has 0 spiro atoms. The smallest absolute Gasteiger partial charge is 0.368 e. The minimum atomic E-state index is -4.70. The van der Waals surface area contributed by atoms with Gasteiger partial charge in [0.1, 0.15) is 11.2 Å². The maximum absolute atomic E-state index is 12.9. The summed E-state index contributed by atoms with van der Waals surface area (Å²) in [6.07, 6.45) is -4.70. The van der Waals surface area contributed by atoms with E-state index in [1.165, 1.54) is 0 Å². The molecule has 2 nitrogen and oxygen atoms in total. The number of nitrogens with two attached hydrogens (primary N) is 1. The molecule has 88 valence electrons. The Morgan fingerprint density at radius 2 is 1.88 bits per heavy atom. The van der Waals surface area contributed by atoms with Crippen molar-refractivity contribution < 1.29 is 22.4 Å². The Hall–Kier alpha value is -1.30. The Bertz CT molecular complexity index is 418. The van der Waals surface area contributed by atoms with Crippen molar-refractivity contribution in [3.63, 3.8) is 0 Å². The molecule has 0 aliphatic carbocycles. The lowest BCUT2D eigenvalue weighted by Gasteiger charge is -2.11. The Labute approximate surface area is 93.0 Å². The van der Waals surface area contributed by atoms with Crippen molar-refractivity contribution in [2.45, 2.75) is 11.6 Å². The van der Waals surface area contributed by atoms with Crippen LogP contribution in [0.4, 0.5) is 17.6 Å². The third-order valence-corrected chi connectivity index (χ3v) is 2.26. The fourth-order valence-corrected chi connectivity index (χ4v) is 1.21. The number of carbonyl (C=O) groups is 1. The second-order valence-corrected chi connectivity index (χ2v) is 3.47. The molecule has 1 aromatic carbocycles. The Kier molecular flexibility index (Phi) is 3.42. The van der Waals surface area contributed by atoms with Crippen LogP contribution in [0.5, 0.6) is 0 Å². The highest BCUT2D eigenvalue weighted by Gasteiger charge is 2.32. The quantitative estimate of drug-likeness (QED) is 0.641. The SMILES string of the molecule is NC(=O)C(Cl)c1cc(F)cc(C(F)(F)F)c1. The Balaban J connectivity index is 3.23. The topological polar surface area (TPSA) is 43.1 Å². The molecule has 0 saturated heterocycles. The van der Waals surface area contributed by atoms with Crippen molar-refractivity contribution in [3.05, 3.63) is 35.1 Å². The molecular formula is C9H6ClF4NO. The monoisotopic (exact) mass is 255 g/mol. The third kappa shape index (κ3) is 2.85. The predicted octanol–water partition coefficient (Wildman–Crippen LogP) is 2.61. The number of alkyl halides is 4. The van der Waals surface area contributed by atoms with Gasteiger partial charge >= 0.3 is 6.18 Å². The van der Waals surface area contributed by atoms with Crippen LogP contribution in [0.25, 0.3) is 0 Å². The maximum atomic E-state index is 12.9. The third-order valence-electron chi connectivity index (χ3n) is 1.79. The van der Waals surface area contributed by atoms with E-state index in [-0.39, 0.29) is 5.56 Å². The van der Waals surface area contributed by atoms with Crippen molar-refractivity contribution in [2.75, 3.05) is 0 Å². The molecule has 0 heterocycles. The lowest BCUT2D eigenvalue weighted by molar-refractivity contribution is -0.138. The molecule has 1 rings (SSSR count). The second kappa shape index (κ2) is 4.29. The van der Waals surface area contributed by atoms with E-state index in [0.29, 0.717) is 12.1 Å². The zero-order valence-corrected chi connectivity index (χ0v) is 8.44. The van der Waals surface area contributed by atoms with E-state index in [1.807, 2.05) is 0 Å². The lowest BCUT2D eigenvalue weighted by Crippen LogP contribution is -2.18. The molecule has 16 heavy (non-hydrogen) atoms. The first kappa shape index (κ1) is 12.8. The van der Waals surface area contributed by atoms with E-state index in [0.717, 1.165) is 6.07 Å².